The van der Waals surface area contributed by atoms with Crippen molar-refractivity contribution >= 4 is 42.2 Å². The Morgan fingerprint density at radius 2 is 1.90 bits per heavy atom. The molecule has 5 rings (SSSR count). The Morgan fingerprint density at radius 3 is 2.66 bits per heavy atom. The highest BCUT2D eigenvalue weighted by Gasteiger charge is 2.38. The highest BCUT2D eigenvalue weighted by atomic mass is 16.5. The molecule has 0 spiro atoms. The molecule has 0 unspecified atom stereocenters. The quantitative estimate of drug-likeness (QED) is 0.285. The van der Waals surface area contributed by atoms with Crippen LogP contribution >= 0.6 is 0 Å². The second-order valence-electron chi connectivity index (χ2n) is 10.5. The van der Waals surface area contributed by atoms with Gasteiger partial charge in [-0.05, 0) is 24.6 Å². The number of nitrogen functional groups attached to an aromatic ring is 1. The minimum absolute atomic E-state index is 0.0661. The van der Waals surface area contributed by atoms with Gasteiger partial charge in [0, 0.05) is 45.6 Å². The molecule has 10 nitrogen and oxygen atoms in total. The van der Waals surface area contributed by atoms with Crippen LogP contribution in [0.3, 0.4) is 0 Å². The Hall–Kier alpha value is -4.09. The second kappa shape index (κ2) is 12.6. The number of nitrogens with zero attached hydrogens (tertiary/aromatic N) is 3. The largest absolute Gasteiger partial charge is 0.397 e. The molecule has 2 aliphatic heterocycles. The maximum Gasteiger partial charge on any atom is 0.256 e. The van der Waals surface area contributed by atoms with Crippen molar-refractivity contribution in [2.24, 2.45) is 0 Å². The van der Waals surface area contributed by atoms with Gasteiger partial charge in [0.25, 0.3) is 11.8 Å². The van der Waals surface area contributed by atoms with Gasteiger partial charge in [-0.2, -0.15) is 0 Å². The Balaban J connectivity index is 1.42. The van der Waals surface area contributed by atoms with Gasteiger partial charge in [0.15, 0.2) is 0 Å². The van der Waals surface area contributed by atoms with Gasteiger partial charge < -0.3 is 35.6 Å². The highest BCUT2D eigenvalue weighted by Crippen LogP contribution is 2.29. The van der Waals surface area contributed by atoms with E-state index in [0.717, 1.165) is 11.3 Å². The maximum absolute atomic E-state index is 13.7. The van der Waals surface area contributed by atoms with E-state index >= 15 is 0 Å². The summed E-state index contributed by atoms with van der Waals surface area (Å²) >= 11 is 0. The molecular formula is C30H35BN6O4. The first kappa shape index (κ1) is 28.4. The van der Waals surface area contributed by atoms with Crippen molar-refractivity contribution in [1.82, 2.24) is 14.8 Å². The van der Waals surface area contributed by atoms with Gasteiger partial charge in [-0.3, -0.25) is 14.6 Å². The summed E-state index contributed by atoms with van der Waals surface area (Å²) in [4.78, 5) is 34.9. The minimum atomic E-state index is -0.372. The first-order valence-corrected chi connectivity index (χ1v) is 13.8. The van der Waals surface area contributed by atoms with Crippen LogP contribution in [-0.2, 0) is 16.1 Å². The molecule has 0 aliphatic carbocycles. The summed E-state index contributed by atoms with van der Waals surface area (Å²) < 4.78 is 12.0. The summed E-state index contributed by atoms with van der Waals surface area (Å²) in [6.07, 6.45) is 2.78. The Labute approximate surface area is 241 Å². The fourth-order valence-electron chi connectivity index (χ4n) is 5.28. The molecule has 3 atom stereocenters. The number of carbonyl (C=O) groups excluding carboxylic acids is 2. The second-order valence-corrected chi connectivity index (χ2v) is 10.5. The number of anilines is 3. The SMILES string of the molecule is [B]c1cc(N)c(N[C@H]2CN(C(=O)c3cncc(NC)c3)C[C@@H]2OCc2ccccc2)c(C(=O)N2CCO[C@@H](C)C2)c1. The first-order valence-electron chi connectivity index (χ1n) is 13.8. The minimum Gasteiger partial charge on any atom is -0.397 e. The van der Waals surface area contributed by atoms with Gasteiger partial charge in [-0.15, -0.1) is 0 Å². The van der Waals surface area contributed by atoms with E-state index in [0.29, 0.717) is 67.4 Å². The van der Waals surface area contributed by atoms with E-state index in [1.54, 1.807) is 47.4 Å². The van der Waals surface area contributed by atoms with Crippen molar-refractivity contribution in [1.29, 1.82) is 0 Å². The topological polar surface area (TPSA) is 122 Å². The van der Waals surface area contributed by atoms with E-state index in [-0.39, 0.29) is 30.1 Å². The van der Waals surface area contributed by atoms with Gasteiger partial charge in [0.1, 0.15) is 7.85 Å². The molecule has 2 amide bonds. The molecule has 2 radical (unpaired) electrons. The number of pyridine rings is 1. The van der Waals surface area contributed by atoms with Crippen LogP contribution in [0.15, 0.2) is 60.9 Å². The molecule has 0 bridgehead atoms. The van der Waals surface area contributed by atoms with Crippen molar-refractivity contribution in [3.63, 3.8) is 0 Å². The summed E-state index contributed by atoms with van der Waals surface area (Å²) in [7, 11) is 7.91. The number of hydrogen-bond acceptors (Lipinski definition) is 8. The van der Waals surface area contributed by atoms with Crippen LogP contribution in [-0.4, -0.2) is 92.5 Å². The first-order chi connectivity index (χ1) is 19.8. The zero-order valence-electron chi connectivity index (χ0n) is 23.4. The van der Waals surface area contributed by atoms with Gasteiger partial charge in [-0.1, -0.05) is 41.9 Å². The van der Waals surface area contributed by atoms with Crippen LogP contribution in [0.1, 0.15) is 33.2 Å². The van der Waals surface area contributed by atoms with Crippen molar-refractivity contribution in [3.8, 4) is 0 Å². The molecule has 2 aromatic carbocycles. The number of aromatic nitrogens is 1. The fourth-order valence-corrected chi connectivity index (χ4v) is 5.28. The maximum atomic E-state index is 13.7. The molecule has 2 saturated heterocycles. The summed E-state index contributed by atoms with van der Waals surface area (Å²) in [5, 5.41) is 6.50. The number of nitrogens with one attached hydrogen (secondary N) is 2. The number of amides is 2. The van der Waals surface area contributed by atoms with Crippen LogP contribution in [0.5, 0.6) is 0 Å². The molecule has 4 N–H and O–H groups in total. The molecule has 1 aromatic heterocycles. The normalized spacial score (nSPS) is 20.6. The molecule has 11 heteroatoms. The fraction of sp³-hybridized carbons (Fsp3) is 0.367. The average Bonchev–Trinajstić information content (AvgIpc) is 3.39. The molecule has 2 aliphatic rings. The predicted octanol–water partition coefficient (Wildman–Crippen LogP) is 1.88. The van der Waals surface area contributed by atoms with E-state index in [1.807, 2.05) is 37.3 Å². The lowest BCUT2D eigenvalue weighted by Gasteiger charge is -2.32. The lowest BCUT2D eigenvalue weighted by Crippen LogP contribution is -2.45. The van der Waals surface area contributed by atoms with Crippen LogP contribution in [0.25, 0.3) is 0 Å². The van der Waals surface area contributed by atoms with E-state index in [2.05, 4.69) is 15.6 Å². The molecular weight excluding hydrogens is 519 g/mol. The van der Waals surface area contributed by atoms with Crippen molar-refractivity contribution in [3.05, 3.63) is 77.6 Å². The predicted molar refractivity (Wildman–Crippen MR) is 160 cm³/mol. The summed E-state index contributed by atoms with van der Waals surface area (Å²) in [6.45, 7) is 4.42. The number of hydrogen-bond donors (Lipinski definition) is 3. The molecule has 212 valence electrons. The average molecular weight is 554 g/mol. The Morgan fingerprint density at radius 1 is 1.10 bits per heavy atom. The third-order valence-electron chi connectivity index (χ3n) is 7.41. The number of morpholine rings is 1. The van der Waals surface area contributed by atoms with Crippen LogP contribution in [0.4, 0.5) is 17.1 Å². The molecule has 2 fully saturated rings. The Bertz CT molecular complexity index is 1390. The Kier molecular flexibility index (Phi) is 8.75. The van der Waals surface area contributed by atoms with E-state index in [1.165, 1.54) is 0 Å². The zero-order chi connectivity index (χ0) is 28.9. The van der Waals surface area contributed by atoms with Gasteiger partial charge in [0.05, 0.1) is 59.7 Å². The van der Waals surface area contributed by atoms with Crippen molar-refractivity contribution < 1.29 is 19.1 Å². The number of rotatable bonds is 8. The molecule has 3 heterocycles. The number of nitrogens with two attached hydrogens (primary N) is 1. The van der Waals surface area contributed by atoms with Crippen LogP contribution in [0, 0.1) is 0 Å². The third kappa shape index (κ3) is 6.63. The van der Waals surface area contributed by atoms with Crippen molar-refractivity contribution in [2.45, 2.75) is 31.8 Å². The number of ether oxygens (including phenoxy) is 2. The van der Waals surface area contributed by atoms with Gasteiger partial charge in [0.2, 0.25) is 0 Å². The van der Waals surface area contributed by atoms with Crippen LogP contribution in [0.2, 0.25) is 0 Å². The molecule has 0 saturated carbocycles. The number of likely N-dealkylation sites (tertiary alicyclic amines) is 1. The third-order valence-corrected chi connectivity index (χ3v) is 7.41. The van der Waals surface area contributed by atoms with E-state index in [9.17, 15) is 9.59 Å². The monoisotopic (exact) mass is 554 g/mol. The summed E-state index contributed by atoms with van der Waals surface area (Å²) in [5.41, 5.74) is 10.3. The lowest BCUT2D eigenvalue weighted by atomic mass is 9.91. The van der Waals surface area contributed by atoms with Crippen molar-refractivity contribution in [2.75, 3.05) is 56.2 Å². The van der Waals surface area contributed by atoms with E-state index in [4.69, 9.17) is 23.1 Å². The zero-order valence-corrected chi connectivity index (χ0v) is 23.4. The van der Waals surface area contributed by atoms with Gasteiger partial charge in [-0.25, -0.2) is 0 Å². The number of carbonyl (C=O) groups is 2. The smallest absolute Gasteiger partial charge is 0.256 e. The lowest BCUT2D eigenvalue weighted by molar-refractivity contribution is -0.0123. The highest BCUT2D eigenvalue weighted by molar-refractivity contribution is 6.33. The van der Waals surface area contributed by atoms with Crippen LogP contribution < -0.4 is 21.8 Å². The van der Waals surface area contributed by atoms with E-state index < -0.39 is 0 Å². The molecule has 3 aromatic rings. The number of benzene rings is 2. The standard InChI is InChI=1S/C30H35BN6O4/c1-19-15-36(8-9-40-19)30(39)24-11-22(31)12-25(32)28(24)35-26-16-37(29(38)21-10-23(33-2)14-34-13-21)17-27(26)41-18-20-6-4-3-5-7-20/h3-7,10-14,19,26-27,33,35H,8-9,15-18,32H2,1-2H3/t19-,26-,27-/m0/s1. The van der Waals surface area contributed by atoms with Gasteiger partial charge >= 0.3 is 0 Å². The molecule has 41 heavy (non-hydrogen) atoms. The summed E-state index contributed by atoms with van der Waals surface area (Å²) in [6, 6.07) is 14.6. The summed E-state index contributed by atoms with van der Waals surface area (Å²) in [5.74, 6) is -0.333.